The highest BCUT2D eigenvalue weighted by Crippen LogP contribution is 2.49. The van der Waals surface area contributed by atoms with Gasteiger partial charge in [0, 0.05) is 23.3 Å². The lowest BCUT2D eigenvalue weighted by atomic mass is 9.75. The van der Waals surface area contributed by atoms with Gasteiger partial charge in [0.2, 0.25) is 5.91 Å². The van der Waals surface area contributed by atoms with Crippen LogP contribution in [-0.4, -0.2) is 36.2 Å². The van der Waals surface area contributed by atoms with Gasteiger partial charge < -0.3 is 14.8 Å². The summed E-state index contributed by atoms with van der Waals surface area (Å²) >= 11 is 5.99. The van der Waals surface area contributed by atoms with Crippen molar-refractivity contribution in [2.45, 2.75) is 31.0 Å². The van der Waals surface area contributed by atoms with Crippen LogP contribution in [0.2, 0.25) is 5.02 Å². The van der Waals surface area contributed by atoms with Crippen molar-refractivity contribution in [3.8, 4) is 0 Å². The average Bonchev–Trinajstić information content (AvgIpc) is 3.31. The summed E-state index contributed by atoms with van der Waals surface area (Å²) in [6.07, 6.45) is 5.15. The molecule has 1 amide bonds. The number of carbonyl (C=O) groups excluding carboxylic acids is 2. The lowest BCUT2D eigenvalue weighted by Crippen LogP contribution is -2.36. The Hall–Kier alpha value is -2.44. The molecule has 1 unspecified atom stereocenters. The van der Waals surface area contributed by atoms with Gasteiger partial charge in [0.25, 0.3) is 0 Å². The normalized spacial score (nSPS) is 26.0. The van der Waals surface area contributed by atoms with Crippen LogP contribution in [0.3, 0.4) is 0 Å². The largest absolute Gasteiger partial charge is 0.465 e. The zero-order valence-electron chi connectivity index (χ0n) is 14.7. The molecule has 1 aromatic heterocycles. The summed E-state index contributed by atoms with van der Waals surface area (Å²) in [5.74, 6) is -1.08. The van der Waals surface area contributed by atoms with E-state index in [-0.39, 0.29) is 35.5 Å². The first-order valence-corrected chi connectivity index (χ1v) is 9.20. The van der Waals surface area contributed by atoms with E-state index in [2.05, 4.69) is 10.3 Å². The first kappa shape index (κ1) is 17.9. The second-order valence-electron chi connectivity index (χ2n) is 6.79. The van der Waals surface area contributed by atoms with E-state index in [9.17, 15) is 9.59 Å². The Morgan fingerprint density at radius 2 is 1.93 bits per heavy atom. The maximum Gasteiger partial charge on any atom is 0.340 e. The second kappa shape index (κ2) is 7.29. The van der Waals surface area contributed by atoms with Crippen molar-refractivity contribution in [1.29, 1.82) is 0 Å². The number of rotatable bonds is 4. The van der Waals surface area contributed by atoms with Crippen molar-refractivity contribution in [2.75, 3.05) is 12.4 Å². The van der Waals surface area contributed by atoms with Crippen LogP contribution in [0.4, 0.5) is 5.69 Å². The standard InChI is InChI=1S/C20H19ClN2O4/c1-26-20(25)13-10-12(21)2-3-14(13)23-19(24)18-16-5-4-15(27-16)17(18)11-6-8-22-9-7-11/h2-3,6-10,15-18H,4-5H2,1H3,(H,23,24)/t15-,16?,17+,18+/m0/s1. The van der Waals surface area contributed by atoms with E-state index in [1.165, 1.54) is 13.2 Å². The smallest absolute Gasteiger partial charge is 0.340 e. The van der Waals surface area contributed by atoms with Gasteiger partial charge in [-0.2, -0.15) is 0 Å². The third-order valence-electron chi connectivity index (χ3n) is 5.31. The molecule has 0 aliphatic carbocycles. The van der Waals surface area contributed by atoms with Gasteiger partial charge in [0.1, 0.15) is 0 Å². The molecule has 6 nitrogen and oxygen atoms in total. The van der Waals surface area contributed by atoms with Crippen molar-refractivity contribution < 1.29 is 19.1 Å². The highest BCUT2D eigenvalue weighted by atomic mass is 35.5. The quantitative estimate of drug-likeness (QED) is 0.814. The van der Waals surface area contributed by atoms with Crippen LogP contribution in [0.1, 0.15) is 34.7 Å². The molecule has 3 heterocycles. The Balaban J connectivity index is 1.62. The number of anilines is 1. The van der Waals surface area contributed by atoms with Crippen LogP contribution in [0.5, 0.6) is 0 Å². The van der Waals surface area contributed by atoms with Crippen molar-refractivity contribution >= 4 is 29.2 Å². The number of aromatic nitrogens is 1. The molecule has 2 bridgehead atoms. The van der Waals surface area contributed by atoms with E-state index in [1.54, 1.807) is 24.5 Å². The maximum absolute atomic E-state index is 13.1. The third kappa shape index (κ3) is 3.31. The zero-order valence-corrected chi connectivity index (χ0v) is 15.5. The van der Waals surface area contributed by atoms with E-state index in [0.717, 1.165) is 18.4 Å². The molecule has 4 rings (SSSR count). The Morgan fingerprint density at radius 3 is 2.67 bits per heavy atom. The predicted molar refractivity (Wildman–Crippen MR) is 99.8 cm³/mol. The Morgan fingerprint density at radius 1 is 1.19 bits per heavy atom. The lowest BCUT2D eigenvalue weighted by Gasteiger charge is -2.27. The Kier molecular flexibility index (Phi) is 4.85. The SMILES string of the molecule is COC(=O)c1cc(Cl)ccc1NC(=O)[C@@H]1C2CC[C@H](O2)[C@H]1c1ccncc1. The number of nitrogens with zero attached hydrogens (tertiary/aromatic N) is 1. The summed E-state index contributed by atoms with van der Waals surface area (Å²) in [6.45, 7) is 0. The molecule has 27 heavy (non-hydrogen) atoms. The van der Waals surface area contributed by atoms with E-state index in [0.29, 0.717) is 10.7 Å². The number of carbonyl (C=O) groups is 2. The molecule has 0 spiro atoms. The molecule has 1 N–H and O–H groups in total. The number of pyridine rings is 1. The van der Waals surface area contributed by atoms with Gasteiger partial charge >= 0.3 is 5.97 Å². The first-order valence-electron chi connectivity index (χ1n) is 8.82. The van der Waals surface area contributed by atoms with Crippen molar-refractivity contribution in [3.63, 3.8) is 0 Å². The molecular formula is C20H19ClN2O4. The van der Waals surface area contributed by atoms with E-state index < -0.39 is 5.97 Å². The molecule has 2 saturated heterocycles. The summed E-state index contributed by atoms with van der Waals surface area (Å²) in [5.41, 5.74) is 1.65. The summed E-state index contributed by atoms with van der Waals surface area (Å²) in [7, 11) is 1.29. The first-order chi connectivity index (χ1) is 13.1. The Bertz CT molecular complexity index is 874. The van der Waals surface area contributed by atoms with Gasteiger partial charge in [-0.3, -0.25) is 9.78 Å². The van der Waals surface area contributed by atoms with E-state index in [4.69, 9.17) is 21.1 Å². The maximum atomic E-state index is 13.1. The topological polar surface area (TPSA) is 77.5 Å². The fourth-order valence-electron chi connectivity index (χ4n) is 4.14. The molecule has 7 heteroatoms. The van der Waals surface area contributed by atoms with Crippen LogP contribution in [0.25, 0.3) is 0 Å². The van der Waals surface area contributed by atoms with E-state index >= 15 is 0 Å². The van der Waals surface area contributed by atoms with Crippen LogP contribution >= 0.6 is 11.6 Å². The number of halogens is 1. The summed E-state index contributed by atoms with van der Waals surface area (Å²) in [4.78, 5) is 29.2. The monoisotopic (exact) mass is 386 g/mol. The molecule has 2 fully saturated rings. The number of hydrogen-bond donors (Lipinski definition) is 1. The van der Waals surface area contributed by atoms with Gasteiger partial charge in [0.15, 0.2) is 0 Å². The second-order valence-corrected chi connectivity index (χ2v) is 7.23. The number of esters is 1. The molecule has 140 valence electrons. The lowest BCUT2D eigenvalue weighted by molar-refractivity contribution is -0.121. The molecule has 0 radical (unpaired) electrons. The highest BCUT2D eigenvalue weighted by Gasteiger charge is 2.52. The van der Waals surface area contributed by atoms with Crippen LogP contribution in [0, 0.1) is 5.92 Å². The van der Waals surface area contributed by atoms with Gasteiger partial charge in [-0.05, 0) is 48.7 Å². The molecular weight excluding hydrogens is 368 g/mol. The summed E-state index contributed by atoms with van der Waals surface area (Å²) in [6, 6.07) is 8.58. The van der Waals surface area contributed by atoms with Crippen molar-refractivity contribution in [2.24, 2.45) is 5.92 Å². The predicted octanol–water partition coefficient (Wildman–Crippen LogP) is 3.42. The third-order valence-corrected chi connectivity index (χ3v) is 5.55. The number of ether oxygens (including phenoxy) is 2. The molecule has 4 atom stereocenters. The Labute approximate surface area is 161 Å². The fourth-order valence-corrected chi connectivity index (χ4v) is 4.31. The summed E-state index contributed by atoms with van der Waals surface area (Å²) in [5, 5.41) is 3.28. The number of amides is 1. The van der Waals surface area contributed by atoms with E-state index in [1.807, 2.05) is 12.1 Å². The minimum atomic E-state index is -0.553. The minimum Gasteiger partial charge on any atom is -0.465 e. The minimum absolute atomic E-state index is 0.0263. The number of methoxy groups -OCH3 is 1. The van der Waals surface area contributed by atoms with Gasteiger partial charge in [-0.1, -0.05) is 11.6 Å². The molecule has 1 aromatic carbocycles. The number of benzene rings is 1. The molecule has 0 saturated carbocycles. The average molecular weight is 387 g/mol. The van der Waals surface area contributed by atoms with Gasteiger partial charge in [-0.25, -0.2) is 4.79 Å². The molecule has 2 aliphatic rings. The van der Waals surface area contributed by atoms with Crippen molar-refractivity contribution in [1.82, 2.24) is 4.98 Å². The van der Waals surface area contributed by atoms with Crippen LogP contribution in [-0.2, 0) is 14.3 Å². The summed E-state index contributed by atoms with van der Waals surface area (Å²) < 4.78 is 10.8. The van der Waals surface area contributed by atoms with Gasteiger partial charge in [0.05, 0.1) is 36.5 Å². The molecule has 2 aliphatic heterocycles. The number of hydrogen-bond acceptors (Lipinski definition) is 5. The zero-order chi connectivity index (χ0) is 19.0. The van der Waals surface area contributed by atoms with Crippen LogP contribution < -0.4 is 5.32 Å². The van der Waals surface area contributed by atoms with Crippen LogP contribution in [0.15, 0.2) is 42.7 Å². The van der Waals surface area contributed by atoms with Crippen molar-refractivity contribution in [3.05, 3.63) is 58.9 Å². The highest BCUT2D eigenvalue weighted by molar-refractivity contribution is 6.31. The van der Waals surface area contributed by atoms with Gasteiger partial charge in [-0.15, -0.1) is 0 Å². The number of fused-ring (bicyclic) bond motifs is 2. The fraction of sp³-hybridized carbons (Fsp3) is 0.350. The number of nitrogens with one attached hydrogen (secondary N) is 1. The molecule has 2 aromatic rings.